The molecule has 0 unspecified atom stereocenters. The molecule has 0 radical (unpaired) electrons. The van der Waals surface area contributed by atoms with E-state index in [0.717, 1.165) is 0 Å². The first-order valence-corrected chi connectivity index (χ1v) is 5.46. The highest BCUT2D eigenvalue weighted by molar-refractivity contribution is 5.67. The molecule has 8 nitrogen and oxygen atoms in total. The second kappa shape index (κ2) is 6.34. The predicted molar refractivity (Wildman–Crippen MR) is 65.2 cm³/mol. The number of aromatic nitrogens is 2. The highest BCUT2D eigenvalue weighted by atomic mass is 16.5. The molecule has 1 aromatic heterocycles. The van der Waals surface area contributed by atoms with Crippen molar-refractivity contribution in [2.75, 3.05) is 37.5 Å². The maximum atomic E-state index is 9.20. The summed E-state index contributed by atoms with van der Waals surface area (Å²) in [6.07, 6.45) is 1.24. The van der Waals surface area contributed by atoms with Crippen LogP contribution in [0.5, 0.6) is 5.88 Å². The molecule has 0 amide bonds. The van der Waals surface area contributed by atoms with Crippen molar-refractivity contribution in [2.24, 2.45) is 0 Å². The molecule has 102 valence electrons. The largest absolute Gasteiger partial charge is 0.476 e. The average molecular weight is 258 g/mol. The molecule has 1 heterocycles. The summed E-state index contributed by atoms with van der Waals surface area (Å²) in [6.45, 7) is 0.744. The zero-order valence-electron chi connectivity index (χ0n) is 10.1. The second-order valence-corrected chi connectivity index (χ2v) is 3.75. The second-order valence-electron chi connectivity index (χ2n) is 3.75. The third kappa shape index (κ3) is 2.97. The molecule has 0 aliphatic carbocycles. The Morgan fingerprint density at radius 2 is 1.89 bits per heavy atom. The number of hydrogen-bond donors (Lipinski definition) is 5. The van der Waals surface area contributed by atoms with Gasteiger partial charge in [0.25, 0.3) is 0 Å². The van der Waals surface area contributed by atoms with E-state index in [0.29, 0.717) is 6.61 Å². The van der Waals surface area contributed by atoms with Crippen molar-refractivity contribution in [1.29, 1.82) is 0 Å². The maximum Gasteiger partial charge on any atom is 0.242 e. The monoisotopic (exact) mass is 258 g/mol. The highest BCUT2D eigenvalue weighted by Gasteiger charge is 2.29. The molecule has 1 aromatic rings. The molecule has 0 spiro atoms. The molecule has 0 bridgehead atoms. The molecule has 0 aliphatic rings. The van der Waals surface area contributed by atoms with Gasteiger partial charge in [0.15, 0.2) is 5.82 Å². The van der Waals surface area contributed by atoms with Gasteiger partial charge >= 0.3 is 0 Å². The highest BCUT2D eigenvalue weighted by Crippen LogP contribution is 2.26. The van der Waals surface area contributed by atoms with Gasteiger partial charge in [0, 0.05) is 0 Å². The number of nitrogens with two attached hydrogens (primary N) is 1. The van der Waals surface area contributed by atoms with Crippen LogP contribution in [-0.2, 0) is 0 Å². The number of hydrogen-bond acceptors (Lipinski definition) is 8. The topological polar surface area (TPSA) is 134 Å². The lowest BCUT2D eigenvalue weighted by Crippen LogP contribution is -2.49. The van der Waals surface area contributed by atoms with Gasteiger partial charge < -0.3 is 31.1 Å². The minimum absolute atomic E-state index is 0.152. The van der Waals surface area contributed by atoms with E-state index < -0.39 is 25.4 Å². The third-order valence-electron chi connectivity index (χ3n) is 2.42. The van der Waals surface area contributed by atoms with Crippen molar-refractivity contribution < 1.29 is 20.1 Å². The Morgan fingerprint density at radius 3 is 2.39 bits per heavy atom. The standard InChI is InChI=1S/C10H18N4O4/c1-2-18-9-7(11)8(12-6-13-9)14-10(3-15,4-16)5-17/h6,15-17H,2-5,11H2,1H3,(H,12,13,14). The Hall–Kier alpha value is -1.64. The smallest absolute Gasteiger partial charge is 0.242 e. The molecule has 1 rings (SSSR count). The van der Waals surface area contributed by atoms with Crippen molar-refractivity contribution in [3.8, 4) is 5.88 Å². The van der Waals surface area contributed by atoms with E-state index in [9.17, 15) is 15.3 Å². The summed E-state index contributed by atoms with van der Waals surface area (Å²) in [4.78, 5) is 7.74. The number of anilines is 2. The van der Waals surface area contributed by atoms with E-state index >= 15 is 0 Å². The van der Waals surface area contributed by atoms with Gasteiger partial charge in [0.2, 0.25) is 5.88 Å². The Bertz CT molecular complexity index is 376. The van der Waals surface area contributed by atoms with Gasteiger partial charge in [-0.25, -0.2) is 4.98 Å². The molecule has 6 N–H and O–H groups in total. The van der Waals surface area contributed by atoms with Crippen LogP contribution in [0.25, 0.3) is 0 Å². The fourth-order valence-electron chi connectivity index (χ4n) is 1.25. The normalized spacial score (nSPS) is 11.3. The van der Waals surface area contributed by atoms with Crippen LogP contribution in [0.1, 0.15) is 6.92 Å². The van der Waals surface area contributed by atoms with E-state index in [2.05, 4.69) is 15.3 Å². The van der Waals surface area contributed by atoms with Crippen molar-refractivity contribution in [3.63, 3.8) is 0 Å². The summed E-state index contributed by atoms with van der Waals surface area (Å²) in [5.41, 5.74) is 4.64. The van der Waals surface area contributed by atoms with Gasteiger partial charge in [-0.3, -0.25) is 0 Å². The molecule has 8 heteroatoms. The quantitative estimate of drug-likeness (QED) is 0.402. The third-order valence-corrected chi connectivity index (χ3v) is 2.42. The minimum atomic E-state index is -1.30. The first kappa shape index (κ1) is 14.4. The average Bonchev–Trinajstić information content (AvgIpc) is 2.41. The maximum absolute atomic E-state index is 9.20. The molecule has 18 heavy (non-hydrogen) atoms. The lowest BCUT2D eigenvalue weighted by atomic mass is 10.0. The Morgan fingerprint density at radius 1 is 1.28 bits per heavy atom. The van der Waals surface area contributed by atoms with Crippen LogP contribution in [0.3, 0.4) is 0 Å². The van der Waals surface area contributed by atoms with E-state index in [1.165, 1.54) is 6.33 Å². The van der Waals surface area contributed by atoms with Crippen LogP contribution in [0.4, 0.5) is 11.5 Å². The molecule has 0 aromatic carbocycles. The van der Waals surface area contributed by atoms with Gasteiger partial charge in [-0.05, 0) is 6.92 Å². The Balaban J connectivity index is 2.99. The van der Waals surface area contributed by atoms with Crippen LogP contribution in [-0.4, -0.2) is 57.3 Å². The zero-order valence-corrected chi connectivity index (χ0v) is 10.1. The number of aliphatic hydroxyl groups excluding tert-OH is 3. The number of rotatable bonds is 7. The van der Waals surface area contributed by atoms with E-state index in [-0.39, 0.29) is 17.4 Å². The van der Waals surface area contributed by atoms with Gasteiger partial charge in [0.1, 0.15) is 17.6 Å². The summed E-state index contributed by atoms with van der Waals surface area (Å²) in [6, 6.07) is 0. The SMILES string of the molecule is CCOc1ncnc(NC(CO)(CO)CO)c1N. The first-order valence-electron chi connectivity index (χ1n) is 5.46. The fourth-order valence-corrected chi connectivity index (χ4v) is 1.25. The summed E-state index contributed by atoms with van der Waals surface area (Å²) in [5, 5.41) is 30.3. The van der Waals surface area contributed by atoms with Gasteiger partial charge in [0.05, 0.1) is 26.4 Å². The molecule has 0 saturated carbocycles. The van der Waals surface area contributed by atoms with Crippen molar-refractivity contribution in [1.82, 2.24) is 9.97 Å². The van der Waals surface area contributed by atoms with Crippen molar-refractivity contribution in [3.05, 3.63) is 6.33 Å². The molecular formula is C10H18N4O4. The predicted octanol–water partition coefficient (Wildman–Crippen LogP) is -1.41. The van der Waals surface area contributed by atoms with Crippen LogP contribution in [0, 0.1) is 0 Å². The van der Waals surface area contributed by atoms with E-state index in [1.54, 1.807) is 6.92 Å². The fraction of sp³-hybridized carbons (Fsp3) is 0.600. The molecular weight excluding hydrogens is 240 g/mol. The Kier molecular flexibility index (Phi) is 5.08. The summed E-state index contributed by atoms with van der Waals surface area (Å²) >= 11 is 0. The number of ether oxygens (including phenoxy) is 1. The molecule has 0 saturated heterocycles. The van der Waals surface area contributed by atoms with Crippen LogP contribution >= 0.6 is 0 Å². The molecule has 0 atom stereocenters. The van der Waals surface area contributed by atoms with Crippen molar-refractivity contribution in [2.45, 2.75) is 12.5 Å². The van der Waals surface area contributed by atoms with E-state index in [4.69, 9.17) is 10.5 Å². The lowest BCUT2D eigenvalue weighted by Gasteiger charge is -2.29. The number of nitrogens with one attached hydrogen (secondary N) is 1. The summed E-state index contributed by atoms with van der Waals surface area (Å²) in [7, 11) is 0. The molecule has 0 fully saturated rings. The lowest BCUT2D eigenvalue weighted by molar-refractivity contribution is 0.0831. The van der Waals surface area contributed by atoms with Crippen LogP contribution in [0.15, 0.2) is 6.33 Å². The van der Waals surface area contributed by atoms with Crippen LogP contribution < -0.4 is 15.8 Å². The van der Waals surface area contributed by atoms with Gasteiger partial charge in [-0.15, -0.1) is 0 Å². The van der Waals surface area contributed by atoms with Crippen molar-refractivity contribution >= 4 is 11.5 Å². The summed E-state index contributed by atoms with van der Waals surface area (Å²) < 4.78 is 5.19. The summed E-state index contributed by atoms with van der Waals surface area (Å²) in [5.74, 6) is 0.392. The number of aliphatic hydroxyl groups is 3. The van der Waals surface area contributed by atoms with Gasteiger partial charge in [-0.2, -0.15) is 4.98 Å². The van der Waals surface area contributed by atoms with Crippen LogP contribution in [0.2, 0.25) is 0 Å². The number of nitrogen functional groups attached to an aromatic ring is 1. The first-order chi connectivity index (χ1) is 8.62. The Labute approximate surface area is 104 Å². The van der Waals surface area contributed by atoms with E-state index in [1.807, 2.05) is 0 Å². The van der Waals surface area contributed by atoms with Gasteiger partial charge in [-0.1, -0.05) is 0 Å². The molecule has 0 aliphatic heterocycles. The zero-order chi connectivity index (χ0) is 13.6. The number of nitrogens with zero attached hydrogens (tertiary/aromatic N) is 2. The minimum Gasteiger partial charge on any atom is -0.476 e.